The number of nitrogens with one attached hydrogen (secondary N) is 1. The molecule has 1 atom stereocenters. The number of ether oxygens (including phenoxy) is 1. The number of benzene rings is 2. The molecule has 1 N–H and O–H groups in total. The van der Waals surface area contributed by atoms with Gasteiger partial charge in [0.25, 0.3) is 5.91 Å². The number of carbonyl (C=O) groups excluding carboxylic acids is 2. The summed E-state index contributed by atoms with van der Waals surface area (Å²) < 4.78 is 8.01. The molecule has 0 radical (unpaired) electrons. The van der Waals surface area contributed by atoms with Crippen molar-refractivity contribution in [2.75, 3.05) is 18.0 Å². The second-order valence-corrected chi connectivity index (χ2v) is 6.92. The average molecular weight is 377 g/mol. The summed E-state index contributed by atoms with van der Waals surface area (Å²) in [6.07, 6.45) is 2.17. The molecular formula is C22H23N3O3. The number of amides is 2. The molecule has 0 spiro atoms. The highest BCUT2D eigenvalue weighted by Crippen LogP contribution is 2.33. The van der Waals surface area contributed by atoms with Crippen LogP contribution in [0, 0.1) is 0 Å². The van der Waals surface area contributed by atoms with Crippen molar-refractivity contribution in [2.24, 2.45) is 0 Å². The molecule has 1 unspecified atom stereocenters. The minimum Gasteiger partial charge on any atom is -0.477 e. The summed E-state index contributed by atoms with van der Waals surface area (Å²) >= 11 is 0. The van der Waals surface area contributed by atoms with Crippen molar-refractivity contribution in [1.82, 2.24) is 9.88 Å². The van der Waals surface area contributed by atoms with Crippen molar-refractivity contribution in [3.63, 3.8) is 0 Å². The monoisotopic (exact) mass is 377 g/mol. The molecule has 1 aromatic heterocycles. The van der Waals surface area contributed by atoms with Crippen molar-refractivity contribution in [2.45, 2.75) is 26.0 Å². The zero-order valence-corrected chi connectivity index (χ0v) is 15.8. The van der Waals surface area contributed by atoms with Gasteiger partial charge in [0.1, 0.15) is 5.75 Å². The number of nitrogens with zero attached hydrogens (tertiary/aromatic N) is 2. The maximum absolute atomic E-state index is 12.6. The maximum Gasteiger partial charge on any atom is 0.262 e. The van der Waals surface area contributed by atoms with E-state index in [9.17, 15) is 9.59 Å². The van der Waals surface area contributed by atoms with Gasteiger partial charge in [-0.05, 0) is 36.1 Å². The number of aryl methyl sites for hydroxylation is 1. The smallest absolute Gasteiger partial charge is 0.262 e. The zero-order valence-electron chi connectivity index (χ0n) is 15.8. The van der Waals surface area contributed by atoms with Gasteiger partial charge in [0.15, 0.2) is 6.10 Å². The highest BCUT2D eigenvalue weighted by Gasteiger charge is 2.32. The molecule has 0 fully saturated rings. The summed E-state index contributed by atoms with van der Waals surface area (Å²) in [5.74, 6) is 0.258. The van der Waals surface area contributed by atoms with E-state index in [2.05, 4.69) is 34.3 Å². The van der Waals surface area contributed by atoms with E-state index < -0.39 is 6.10 Å². The lowest BCUT2D eigenvalue weighted by Gasteiger charge is -2.33. The standard InChI is InChI=1S/C22H23N3O3/c1-16(26)25-15-21(28-20-10-5-4-9-19(20)25)22(27)23-12-6-13-24-14-11-17-7-2-3-8-18(17)24/h2-5,7-11,14,21H,6,12-13,15H2,1H3,(H,23,27). The van der Waals surface area contributed by atoms with Gasteiger partial charge in [0.05, 0.1) is 12.2 Å². The Balaban J connectivity index is 1.33. The van der Waals surface area contributed by atoms with E-state index in [1.807, 2.05) is 30.3 Å². The predicted octanol–water partition coefficient (Wildman–Crippen LogP) is 2.96. The molecule has 2 amide bonds. The molecule has 1 aliphatic rings. The molecular weight excluding hydrogens is 354 g/mol. The van der Waals surface area contributed by atoms with Crippen molar-refractivity contribution < 1.29 is 14.3 Å². The molecule has 1 aliphatic heterocycles. The molecule has 2 heterocycles. The number of hydrogen-bond acceptors (Lipinski definition) is 3. The third-order valence-corrected chi connectivity index (χ3v) is 5.00. The highest BCUT2D eigenvalue weighted by molar-refractivity contribution is 5.95. The first-order valence-electron chi connectivity index (χ1n) is 9.49. The van der Waals surface area contributed by atoms with Crippen LogP contribution in [0.5, 0.6) is 5.75 Å². The Morgan fingerprint density at radius 2 is 1.89 bits per heavy atom. The Morgan fingerprint density at radius 1 is 1.11 bits per heavy atom. The second-order valence-electron chi connectivity index (χ2n) is 6.92. The van der Waals surface area contributed by atoms with Gasteiger partial charge in [-0.3, -0.25) is 9.59 Å². The Morgan fingerprint density at radius 3 is 2.75 bits per heavy atom. The van der Waals surface area contributed by atoms with E-state index in [4.69, 9.17) is 4.74 Å². The topological polar surface area (TPSA) is 63.6 Å². The Labute approximate surface area is 163 Å². The first-order valence-corrected chi connectivity index (χ1v) is 9.49. The molecule has 6 heteroatoms. The van der Waals surface area contributed by atoms with Crippen LogP contribution in [-0.2, 0) is 16.1 Å². The number of anilines is 1. The number of aromatic nitrogens is 1. The van der Waals surface area contributed by atoms with E-state index in [1.54, 1.807) is 11.0 Å². The van der Waals surface area contributed by atoms with Gasteiger partial charge in [-0.25, -0.2) is 0 Å². The fourth-order valence-corrected chi connectivity index (χ4v) is 3.58. The van der Waals surface area contributed by atoms with Crippen LogP contribution in [0.3, 0.4) is 0 Å². The minimum atomic E-state index is -0.703. The van der Waals surface area contributed by atoms with E-state index >= 15 is 0 Å². The van der Waals surface area contributed by atoms with E-state index in [0.29, 0.717) is 18.0 Å². The van der Waals surface area contributed by atoms with Gasteiger partial charge in [-0.2, -0.15) is 0 Å². The fourth-order valence-electron chi connectivity index (χ4n) is 3.58. The van der Waals surface area contributed by atoms with Gasteiger partial charge in [0.2, 0.25) is 5.91 Å². The van der Waals surface area contributed by atoms with Crippen molar-refractivity contribution in [3.05, 3.63) is 60.8 Å². The van der Waals surface area contributed by atoms with Crippen LogP contribution in [0.4, 0.5) is 5.69 Å². The van der Waals surface area contributed by atoms with Crippen LogP contribution < -0.4 is 15.0 Å². The van der Waals surface area contributed by atoms with Crippen molar-refractivity contribution in [1.29, 1.82) is 0 Å². The summed E-state index contributed by atoms with van der Waals surface area (Å²) in [7, 11) is 0. The summed E-state index contributed by atoms with van der Waals surface area (Å²) in [6, 6.07) is 17.6. The molecule has 2 aromatic carbocycles. The van der Waals surface area contributed by atoms with Crippen LogP contribution >= 0.6 is 0 Å². The predicted molar refractivity (Wildman–Crippen MR) is 108 cm³/mol. The Hall–Kier alpha value is -3.28. The Kier molecular flexibility index (Phi) is 5.02. The van der Waals surface area contributed by atoms with E-state index in [1.165, 1.54) is 17.8 Å². The van der Waals surface area contributed by atoms with Crippen molar-refractivity contribution in [3.8, 4) is 5.75 Å². The lowest BCUT2D eigenvalue weighted by molar-refractivity contribution is -0.128. The molecule has 0 bridgehead atoms. The van der Waals surface area contributed by atoms with Gasteiger partial charge >= 0.3 is 0 Å². The molecule has 0 saturated carbocycles. The summed E-state index contributed by atoms with van der Waals surface area (Å²) in [4.78, 5) is 26.1. The fraction of sp³-hybridized carbons (Fsp3) is 0.273. The first-order chi connectivity index (χ1) is 13.6. The van der Waals surface area contributed by atoms with Gasteiger partial charge in [-0.15, -0.1) is 0 Å². The number of fused-ring (bicyclic) bond motifs is 2. The van der Waals surface area contributed by atoms with Crippen molar-refractivity contribution >= 4 is 28.4 Å². The number of carbonyl (C=O) groups is 2. The molecule has 0 aliphatic carbocycles. The molecule has 144 valence electrons. The summed E-state index contributed by atoms with van der Waals surface area (Å²) in [5, 5.41) is 4.15. The SMILES string of the molecule is CC(=O)N1CC(C(=O)NCCCn2ccc3ccccc32)Oc2ccccc21. The minimum absolute atomic E-state index is 0.104. The van der Waals surface area contributed by atoms with E-state index in [-0.39, 0.29) is 18.4 Å². The van der Waals surface area contributed by atoms with Crippen LogP contribution in [0.25, 0.3) is 10.9 Å². The number of hydrogen-bond donors (Lipinski definition) is 1. The molecule has 4 rings (SSSR count). The number of para-hydroxylation sites is 3. The molecule has 0 saturated heterocycles. The Bertz CT molecular complexity index is 1010. The third kappa shape index (κ3) is 3.58. The summed E-state index contributed by atoms with van der Waals surface area (Å²) in [5.41, 5.74) is 1.90. The molecule has 6 nitrogen and oxygen atoms in total. The quantitative estimate of drug-likeness (QED) is 0.696. The van der Waals surface area contributed by atoms with E-state index in [0.717, 1.165) is 13.0 Å². The molecule has 3 aromatic rings. The third-order valence-electron chi connectivity index (χ3n) is 5.00. The number of rotatable bonds is 5. The van der Waals surface area contributed by atoms with Crippen LogP contribution in [-0.4, -0.2) is 35.6 Å². The average Bonchev–Trinajstić information content (AvgIpc) is 3.13. The van der Waals surface area contributed by atoms with Gasteiger partial charge in [0, 0.05) is 31.7 Å². The zero-order chi connectivity index (χ0) is 19.5. The van der Waals surface area contributed by atoms with Crippen LogP contribution in [0.2, 0.25) is 0 Å². The lowest BCUT2D eigenvalue weighted by atomic mass is 10.1. The van der Waals surface area contributed by atoms with Crippen LogP contribution in [0.15, 0.2) is 60.8 Å². The highest BCUT2D eigenvalue weighted by atomic mass is 16.5. The maximum atomic E-state index is 12.6. The van der Waals surface area contributed by atoms with Gasteiger partial charge in [-0.1, -0.05) is 30.3 Å². The molecule has 28 heavy (non-hydrogen) atoms. The normalized spacial score (nSPS) is 15.8. The van der Waals surface area contributed by atoms with Gasteiger partial charge < -0.3 is 19.5 Å². The first kappa shape index (κ1) is 18.1. The summed E-state index contributed by atoms with van der Waals surface area (Å²) in [6.45, 7) is 3.09. The largest absolute Gasteiger partial charge is 0.477 e. The lowest BCUT2D eigenvalue weighted by Crippen LogP contribution is -2.50. The second kappa shape index (κ2) is 7.76. The van der Waals surface area contributed by atoms with Crippen LogP contribution in [0.1, 0.15) is 13.3 Å².